The number of hydrogen-bond acceptors (Lipinski definition) is 6. The van der Waals surface area contributed by atoms with Crippen LogP contribution in [0.5, 0.6) is 0 Å². The third kappa shape index (κ3) is 5.57. The molecule has 0 bridgehead atoms. The number of anilines is 1. The van der Waals surface area contributed by atoms with Crippen LogP contribution >= 0.6 is 0 Å². The average molecular weight is 345 g/mol. The van der Waals surface area contributed by atoms with Crippen molar-refractivity contribution in [2.75, 3.05) is 11.9 Å². The first-order valence-electron chi connectivity index (χ1n) is 8.13. The maximum Gasteiger partial charge on any atom is 0.306 e. The van der Waals surface area contributed by atoms with Gasteiger partial charge in [0, 0.05) is 18.6 Å². The van der Waals surface area contributed by atoms with E-state index in [2.05, 4.69) is 5.32 Å². The molecule has 1 aromatic carbocycles. The van der Waals surface area contributed by atoms with Crippen LogP contribution in [0, 0.1) is 27.4 Å². The minimum Gasteiger partial charge on any atom is -0.456 e. The molecule has 1 aliphatic carbocycles. The number of carbonyl (C=O) groups excluding carboxylic acids is 2. The number of nitriles is 1. The first kappa shape index (κ1) is 18.4. The van der Waals surface area contributed by atoms with Gasteiger partial charge in [0.2, 0.25) is 0 Å². The highest BCUT2D eigenvalue weighted by molar-refractivity contribution is 5.94. The van der Waals surface area contributed by atoms with Gasteiger partial charge < -0.3 is 10.1 Å². The summed E-state index contributed by atoms with van der Waals surface area (Å²) < 4.78 is 4.93. The Labute approximate surface area is 144 Å². The molecule has 0 spiro atoms. The molecule has 0 atom stereocenters. The lowest BCUT2D eigenvalue weighted by molar-refractivity contribution is -0.384. The Morgan fingerprint density at radius 3 is 2.72 bits per heavy atom. The highest BCUT2D eigenvalue weighted by Gasteiger charge is 2.17. The zero-order valence-electron chi connectivity index (χ0n) is 13.7. The molecule has 0 heterocycles. The normalized spacial score (nSPS) is 13.9. The zero-order valence-corrected chi connectivity index (χ0v) is 13.7. The van der Waals surface area contributed by atoms with Crippen LogP contribution in [0.25, 0.3) is 0 Å². The topological polar surface area (TPSA) is 122 Å². The van der Waals surface area contributed by atoms with Crippen molar-refractivity contribution < 1.29 is 19.2 Å². The van der Waals surface area contributed by atoms with Crippen molar-refractivity contribution in [3.8, 4) is 6.07 Å². The van der Waals surface area contributed by atoms with Crippen molar-refractivity contribution in [3.05, 3.63) is 33.9 Å². The standard InChI is InChI=1S/C17H19N3O5/c18-10-13-9-14(20(23)24)6-7-15(13)19-16(21)11-25-17(22)8-5-12-3-1-2-4-12/h6-7,9,12H,1-5,8,11H2,(H,19,21). The van der Waals surface area contributed by atoms with Crippen LogP contribution in [0.2, 0.25) is 0 Å². The van der Waals surface area contributed by atoms with Gasteiger partial charge in [0.15, 0.2) is 6.61 Å². The van der Waals surface area contributed by atoms with Crippen LogP contribution in [-0.2, 0) is 14.3 Å². The van der Waals surface area contributed by atoms with Gasteiger partial charge in [0.25, 0.3) is 11.6 Å². The van der Waals surface area contributed by atoms with Gasteiger partial charge in [-0.15, -0.1) is 0 Å². The predicted molar refractivity (Wildman–Crippen MR) is 88.6 cm³/mol. The molecule has 1 aliphatic rings. The number of nitrogens with one attached hydrogen (secondary N) is 1. The van der Waals surface area contributed by atoms with Crippen LogP contribution in [0.3, 0.4) is 0 Å². The quantitative estimate of drug-likeness (QED) is 0.460. The lowest BCUT2D eigenvalue weighted by Gasteiger charge is -2.09. The maximum atomic E-state index is 11.8. The number of esters is 1. The highest BCUT2D eigenvalue weighted by atomic mass is 16.6. The molecular weight excluding hydrogens is 326 g/mol. The molecule has 8 heteroatoms. The molecule has 25 heavy (non-hydrogen) atoms. The summed E-state index contributed by atoms with van der Waals surface area (Å²) in [5.41, 5.74) is -0.136. The summed E-state index contributed by atoms with van der Waals surface area (Å²) in [6, 6.07) is 5.32. The highest BCUT2D eigenvalue weighted by Crippen LogP contribution is 2.28. The Bertz CT molecular complexity index is 705. The van der Waals surface area contributed by atoms with E-state index in [1.54, 1.807) is 6.07 Å². The van der Waals surface area contributed by atoms with Crippen LogP contribution < -0.4 is 5.32 Å². The third-order valence-electron chi connectivity index (χ3n) is 4.20. The number of benzene rings is 1. The molecule has 132 valence electrons. The molecule has 0 saturated heterocycles. The molecule has 1 aromatic rings. The Balaban J connectivity index is 1.80. The van der Waals surface area contributed by atoms with Crippen molar-refractivity contribution in [2.24, 2.45) is 5.92 Å². The number of nitro groups is 1. The summed E-state index contributed by atoms with van der Waals surface area (Å²) in [6.07, 6.45) is 5.77. The molecule has 1 fully saturated rings. The molecule has 2 rings (SSSR count). The van der Waals surface area contributed by atoms with Crippen LogP contribution in [-0.4, -0.2) is 23.4 Å². The summed E-state index contributed by atoms with van der Waals surface area (Å²) in [6.45, 7) is -0.453. The molecule has 0 aromatic heterocycles. The minimum absolute atomic E-state index is 0.0323. The first-order chi connectivity index (χ1) is 12.0. The Kier molecular flexibility index (Phi) is 6.46. The summed E-state index contributed by atoms with van der Waals surface area (Å²) in [7, 11) is 0. The monoisotopic (exact) mass is 345 g/mol. The SMILES string of the molecule is N#Cc1cc([N+](=O)[O-])ccc1NC(=O)COC(=O)CCC1CCCC1. The fourth-order valence-electron chi connectivity index (χ4n) is 2.87. The van der Waals surface area contributed by atoms with Crippen LogP contribution in [0.15, 0.2) is 18.2 Å². The summed E-state index contributed by atoms with van der Waals surface area (Å²) in [5.74, 6) is -0.453. The van der Waals surface area contributed by atoms with Crippen molar-refractivity contribution in [1.29, 1.82) is 5.26 Å². The second-order valence-electron chi connectivity index (χ2n) is 6.00. The number of amides is 1. The first-order valence-corrected chi connectivity index (χ1v) is 8.13. The predicted octanol–water partition coefficient (Wildman–Crippen LogP) is 2.92. The van der Waals surface area contributed by atoms with Crippen LogP contribution in [0.4, 0.5) is 11.4 Å². The number of non-ortho nitro benzene ring substituents is 1. The van der Waals surface area contributed by atoms with Gasteiger partial charge in [-0.2, -0.15) is 5.26 Å². The van der Waals surface area contributed by atoms with Gasteiger partial charge in [-0.1, -0.05) is 25.7 Å². The van der Waals surface area contributed by atoms with Gasteiger partial charge in [0.05, 0.1) is 16.2 Å². The number of rotatable bonds is 7. The van der Waals surface area contributed by atoms with Crippen LogP contribution in [0.1, 0.15) is 44.1 Å². The maximum absolute atomic E-state index is 11.8. The van der Waals surface area contributed by atoms with Gasteiger partial charge >= 0.3 is 5.97 Å². The largest absolute Gasteiger partial charge is 0.456 e. The molecule has 0 radical (unpaired) electrons. The molecule has 0 aliphatic heterocycles. The van der Waals surface area contributed by atoms with E-state index in [0.29, 0.717) is 12.3 Å². The number of nitrogens with zero attached hydrogens (tertiary/aromatic N) is 2. The molecule has 1 amide bonds. The second-order valence-corrected chi connectivity index (χ2v) is 6.00. The van der Waals surface area contributed by atoms with Gasteiger partial charge in [-0.25, -0.2) is 0 Å². The van der Waals surface area contributed by atoms with E-state index in [-0.39, 0.29) is 16.9 Å². The molecule has 1 saturated carbocycles. The van der Waals surface area contributed by atoms with E-state index < -0.39 is 23.4 Å². The molecule has 1 N–H and O–H groups in total. The molecule has 0 unspecified atom stereocenters. The third-order valence-corrected chi connectivity index (χ3v) is 4.20. The van der Waals surface area contributed by atoms with E-state index in [0.717, 1.165) is 25.3 Å². The van der Waals surface area contributed by atoms with E-state index in [4.69, 9.17) is 10.00 Å². The van der Waals surface area contributed by atoms with E-state index >= 15 is 0 Å². The lowest BCUT2D eigenvalue weighted by atomic mass is 10.0. The van der Waals surface area contributed by atoms with Crippen molar-refractivity contribution in [1.82, 2.24) is 0 Å². The zero-order chi connectivity index (χ0) is 18.2. The minimum atomic E-state index is -0.626. The molecule has 8 nitrogen and oxygen atoms in total. The van der Waals surface area contributed by atoms with Crippen molar-refractivity contribution >= 4 is 23.3 Å². The Hall–Kier alpha value is -2.95. The summed E-state index contributed by atoms with van der Waals surface area (Å²) >= 11 is 0. The van der Waals surface area contributed by atoms with E-state index in [9.17, 15) is 19.7 Å². The van der Waals surface area contributed by atoms with Crippen molar-refractivity contribution in [2.45, 2.75) is 38.5 Å². The summed E-state index contributed by atoms with van der Waals surface area (Å²) in [5, 5.41) is 22.1. The fraction of sp³-hybridized carbons (Fsp3) is 0.471. The number of nitro benzene ring substituents is 1. The number of carbonyl (C=O) groups is 2. The van der Waals surface area contributed by atoms with Gasteiger partial charge in [-0.05, 0) is 18.4 Å². The lowest BCUT2D eigenvalue weighted by Crippen LogP contribution is -2.21. The molecular formula is C17H19N3O5. The smallest absolute Gasteiger partial charge is 0.306 e. The number of ether oxygens (including phenoxy) is 1. The fourth-order valence-corrected chi connectivity index (χ4v) is 2.87. The summed E-state index contributed by atoms with van der Waals surface area (Å²) in [4.78, 5) is 33.6. The van der Waals surface area contributed by atoms with E-state index in [1.807, 2.05) is 0 Å². The average Bonchev–Trinajstić information content (AvgIpc) is 3.11. The van der Waals surface area contributed by atoms with Crippen molar-refractivity contribution in [3.63, 3.8) is 0 Å². The number of hydrogen-bond donors (Lipinski definition) is 1. The van der Waals surface area contributed by atoms with Gasteiger partial charge in [0.1, 0.15) is 6.07 Å². The van der Waals surface area contributed by atoms with E-state index in [1.165, 1.54) is 25.0 Å². The van der Waals surface area contributed by atoms with Gasteiger partial charge in [-0.3, -0.25) is 19.7 Å². The Morgan fingerprint density at radius 2 is 2.08 bits per heavy atom. The Morgan fingerprint density at radius 1 is 1.36 bits per heavy atom. The second kappa shape index (κ2) is 8.78.